The molecule has 0 spiro atoms. The van der Waals surface area contributed by atoms with Crippen LogP contribution in [-0.2, 0) is 14.8 Å². The molecule has 0 saturated carbocycles. The summed E-state index contributed by atoms with van der Waals surface area (Å²) in [5, 5.41) is -0.403. The van der Waals surface area contributed by atoms with Crippen molar-refractivity contribution >= 4 is 15.8 Å². The van der Waals surface area contributed by atoms with E-state index in [4.69, 9.17) is 0 Å². The minimum Gasteiger partial charge on any atom is -0.300 e. The summed E-state index contributed by atoms with van der Waals surface area (Å²) in [6, 6.07) is -0.112. The van der Waals surface area contributed by atoms with Gasteiger partial charge in [-0.15, -0.1) is 0 Å². The molecule has 0 N–H and O–H groups in total. The molecule has 94 valence electrons. The topological polar surface area (TPSA) is 54.5 Å². The molecule has 4 nitrogen and oxygen atoms in total. The lowest BCUT2D eigenvalue weighted by Crippen LogP contribution is -2.47. The monoisotopic (exact) mass is 247 g/mol. The molecule has 1 atom stereocenters. The molecule has 16 heavy (non-hydrogen) atoms. The third kappa shape index (κ3) is 3.04. The zero-order chi connectivity index (χ0) is 12.3. The summed E-state index contributed by atoms with van der Waals surface area (Å²) in [7, 11) is -3.21. The first kappa shape index (κ1) is 13.6. The second-order valence-electron chi connectivity index (χ2n) is 4.76. The van der Waals surface area contributed by atoms with Gasteiger partial charge in [0, 0.05) is 19.0 Å². The Morgan fingerprint density at radius 3 is 2.50 bits per heavy atom. The maximum atomic E-state index is 12.1. The molecule has 1 aliphatic rings. The minimum atomic E-state index is -3.21. The van der Waals surface area contributed by atoms with Crippen LogP contribution in [0, 0.1) is 0 Å². The molecule has 5 heteroatoms. The number of carbonyl (C=O) groups is 1. The van der Waals surface area contributed by atoms with E-state index in [2.05, 4.69) is 0 Å². The van der Waals surface area contributed by atoms with Crippen LogP contribution in [0.15, 0.2) is 0 Å². The van der Waals surface area contributed by atoms with Gasteiger partial charge >= 0.3 is 0 Å². The van der Waals surface area contributed by atoms with Crippen LogP contribution in [0.1, 0.15) is 46.5 Å². The van der Waals surface area contributed by atoms with E-state index in [1.54, 1.807) is 18.2 Å². The Labute approximate surface area is 98.1 Å². The minimum absolute atomic E-state index is 0.0656. The average molecular weight is 247 g/mol. The van der Waals surface area contributed by atoms with Crippen LogP contribution in [0.2, 0.25) is 0 Å². The zero-order valence-electron chi connectivity index (χ0n) is 10.3. The van der Waals surface area contributed by atoms with E-state index in [0.717, 1.165) is 19.3 Å². The Morgan fingerprint density at radius 2 is 2.00 bits per heavy atom. The Morgan fingerprint density at radius 1 is 1.38 bits per heavy atom. The van der Waals surface area contributed by atoms with Crippen LogP contribution in [-0.4, -0.2) is 36.3 Å². The van der Waals surface area contributed by atoms with E-state index < -0.39 is 15.3 Å². The fourth-order valence-corrected chi connectivity index (χ4v) is 3.64. The molecule has 1 fully saturated rings. The highest BCUT2D eigenvalue weighted by Gasteiger charge is 2.34. The highest BCUT2D eigenvalue weighted by molar-refractivity contribution is 7.89. The number of Topliss-reactive ketones (excluding diaryl/α,β-unsaturated/α-hetero) is 1. The Balaban J connectivity index is 2.86. The fourth-order valence-electron chi connectivity index (χ4n) is 2.12. The largest absolute Gasteiger partial charge is 0.300 e. The Kier molecular flexibility index (Phi) is 4.50. The van der Waals surface area contributed by atoms with E-state index in [-0.39, 0.29) is 11.8 Å². The summed E-state index contributed by atoms with van der Waals surface area (Å²) in [6.45, 7) is 5.47. The number of hydrogen-bond donors (Lipinski definition) is 0. The lowest BCUT2D eigenvalue weighted by atomic mass is 10.0. The van der Waals surface area contributed by atoms with E-state index in [1.165, 1.54) is 6.92 Å². The molecule has 1 rings (SSSR count). The van der Waals surface area contributed by atoms with Crippen LogP contribution < -0.4 is 0 Å². The van der Waals surface area contributed by atoms with Crippen LogP contribution in [0.3, 0.4) is 0 Å². The second kappa shape index (κ2) is 5.27. The van der Waals surface area contributed by atoms with E-state index in [1.807, 2.05) is 0 Å². The molecular weight excluding hydrogens is 226 g/mol. The highest BCUT2D eigenvalue weighted by Crippen LogP contribution is 2.25. The van der Waals surface area contributed by atoms with Crippen molar-refractivity contribution in [3.63, 3.8) is 0 Å². The molecule has 0 aliphatic carbocycles. The average Bonchev–Trinajstić information content (AvgIpc) is 2.17. The first-order valence-electron chi connectivity index (χ1n) is 5.85. The molecule has 1 saturated heterocycles. The second-order valence-corrected chi connectivity index (χ2v) is 7.20. The first-order valence-corrected chi connectivity index (χ1v) is 7.36. The Hall–Kier alpha value is -0.420. The van der Waals surface area contributed by atoms with Gasteiger partial charge in [0.15, 0.2) is 0 Å². The van der Waals surface area contributed by atoms with Crippen molar-refractivity contribution in [2.45, 2.75) is 57.7 Å². The molecule has 0 aromatic carbocycles. The smallest absolute Gasteiger partial charge is 0.216 e. The summed E-state index contributed by atoms with van der Waals surface area (Å²) < 4.78 is 25.7. The third-order valence-corrected chi connectivity index (χ3v) is 5.34. The zero-order valence-corrected chi connectivity index (χ0v) is 11.1. The fraction of sp³-hybridized carbons (Fsp3) is 0.909. The van der Waals surface area contributed by atoms with Crippen molar-refractivity contribution in [2.24, 2.45) is 0 Å². The lowest BCUT2D eigenvalue weighted by molar-refractivity contribution is -0.118. The molecule has 0 bridgehead atoms. The van der Waals surface area contributed by atoms with Crippen molar-refractivity contribution in [1.82, 2.24) is 4.31 Å². The van der Waals surface area contributed by atoms with Crippen molar-refractivity contribution in [1.29, 1.82) is 0 Å². The van der Waals surface area contributed by atoms with E-state index in [0.29, 0.717) is 13.0 Å². The third-order valence-electron chi connectivity index (χ3n) is 3.02. The lowest BCUT2D eigenvalue weighted by Gasteiger charge is -2.35. The van der Waals surface area contributed by atoms with Crippen LogP contribution in [0.25, 0.3) is 0 Å². The van der Waals surface area contributed by atoms with Gasteiger partial charge in [-0.25, -0.2) is 8.42 Å². The van der Waals surface area contributed by atoms with Gasteiger partial charge < -0.3 is 0 Å². The molecule has 0 radical (unpaired) electrons. The molecule has 1 aliphatic heterocycles. The van der Waals surface area contributed by atoms with Crippen molar-refractivity contribution < 1.29 is 13.2 Å². The van der Waals surface area contributed by atoms with Gasteiger partial charge in [0.25, 0.3) is 0 Å². The number of rotatable bonds is 4. The predicted molar refractivity (Wildman–Crippen MR) is 63.7 cm³/mol. The summed E-state index contributed by atoms with van der Waals surface area (Å²) in [5.74, 6) is 0.0656. The first-order chi connectivity index (χ1) is 7.35. The van der Waals surface area contributed by atoms with Crippen molar-refractivity contribution in [2.75, 3.05) is 6.54 Å². The maximum absolute atomic E-state index is 12.1. The number of piperidine rings is 1. The number of ketones is 1. The Bertz CT molecular complexity index is 348. The summed E-state index contributed by atoms with van der Waals surface area (Å²) in [5.41, 5.74) is 0. The predicted octanol–water partition coefficient (Wildman–Crippen LogP) is 1.56. The van der Waals surface area contributed by atoms with E-state index in [9.17, 15) is 13.2 Å². The van der Waals surface area contributed by atoms with Gasteiger partial charge in [0.2, 0.25) is 10.0 Å². The maximum Gasteiger partial charge on any atom is 0.216 e. The van der Waals surface area contributed by atoms with Crippen LogP contribution in [0.5, 0.6) is 0 Å². The quantitative estimate of drug-likeness (QED) is 0.757. The van der Waals surface area contributed by atoms with Gasteiger partial charge in [0.1, 0.15) is 5.78 Å². The normalized spacial score (nSPS) is 23.6. The van der Waals surface area contributed by atoms with E-state index >= 15 is 0 Å². The van der Waals surface area contributed by atoms with Crippen LogP contribution >= 0.6 is 0 Å². The standard InChI is InChI=1S/C11H21NO3S/c1-9(2)16(14,15)12-7-5-4-6-11(12)8-10(3)13/h9,11H,4-8H2,1-3H3. The van der Waals surface area contributed by atoms with Gasteiger partial charge in [-0.3, -0.25) is 4.79 Å². The van der Waals surface area contributed by atoms with Crippen LogP contribution in [0.4, 0.5) is 0 Å². The summed E-state index contributed by atoms with van der Waals surface area (Å²) in [6.07, 6.45) is 3.08. The highest BCUT2D eigenvalue weighted by atomic mass is 32.2. The number of hydrogen-bond acceptors (Lipinski definition) is 3. The van der Waals surface area contributed by atoms with Gasteiger partial charge in [0.05, 0.1) is 5.25 Å². The molecule has 1 unspecified atom stereocenters. The van der Waals surface area contributed by atoms with Gasteiger partial charge in [-0.05, 0) is 33.6 Å². The molecule has 0 aromatic rings. The van der Waals surface area contributed by atoms with Crippen molar-refractivity contribution in [3.05, 3.63) is 0 Å². The summed E-state index contributed by atoms with van der Waals surface area (Å²) >= 11 is 0. The van der Waals surface area contributed by atoms with Gasteiger partial charge in [-0.1, -0.05) is 6.42 Å². The summed E-state index contributed by atoms with van der Waals surface area (Å²) in [4.78, 5) is 11.1. The molecule has 0 aromatic heterocycles. The number of carbonyl (C=O) groups excluding carboxylic acids is 1. The van der Waals surface area contributed by atoms with Crippen molar-refractivity contribution in [3.8, 4) is 0 Å². The molecular formula is C11H21NO3S. The SMILES string of the molecule is CC(=O)CC1CCCCN1S(=O)(=O)C(C)C. The molecule has 1 heterocycles. The number of sulfonamides is 1. The molecule has 0 amide bonds. The number of nitrogens with zero attached hydrogens (tertiary/aromatic N) is 1. The van der Waals surface area contributed by atoms with Gasteiger partial charge in [-0.2, -0.15) is 4.31 Å².